The SMILES string of the molecule is O=C(/C=C/c1cccc2cccnc12)NCCOc1ccccc1. The third-order valence-corrected chi connectivity index (χ3v) is 3.49. The van der Waals surface area contributed by atoms with Gasteiger partial charge in [-0.15, -0.1) is 0 Å². The number of benzene rings is 2. The molecule has 0 saturated carbocycles. The molecule has 0 spiro atoms. The van der Waals surface area contributed by atoms with Gasteiger partial charge in [-0.05, 0) is 24.3 Å². The maximum Gasteiger partial charge on any atom is 0.244 e. The summed E-state index contributed by atoms with van der Waals surface area (Å²) in [5, 5.41) is 3.85. The molecule has 24 heavy (non-hydrogen) atoms. The Balaban J connectivity index is 1.52. The lowest BCUT2D eigenvalue weighted by atomic mass is 10.1. The van der Waals surface area contributed by atoms with Gasteiger partial charge in [-0.3, -0.25) is 9.78 Å². The number of pyridine rings is 1. The first-order chi connectivity index (χ1) is 11.8. The lowest BCUT2D eigenvalue weighted by molar-refractivity contribution is -0.116. The van der Waals surface area contributed by atoms with Crippen LogP contribution in [0.15, 0.2) is 72.9 Å². The van der Waals surface area contributed by atoms with E-state index < -0.39 is 0 Å². The van der Waals surface area contributed by atoms with Crippen LogP contribution in [-0.4, -0.2) is 24.0 Å². The standard InChI is InChI=1S/C20H18N2O2/c23-19(21-14-15-24-18-9-2-1-3-10-18)12-11-17-7-4-6-16-8-5-13-22-20(16)17/h1-13H,14-15H2,(H,21,23)/b12-11+. The molecule has 1 N–H and O–H groups in total. The molecule has 3 rings (SSSR count). The third kappa shape index (κ3) is 4.20. The van der Waals surface area contributed by atoms with Gasteiger partial charge >= 0.3 is 0 Å². The van der Waals surface area contributed by atoms with Gasteiger partial charge in [0.15, 0.2) is 0 Å². The predicted molar refractivity (Wildman–Crippen MR) is 95.7 cm³/mol. The summed E-state index contributed by atoms with van der Waals surface area (Å²) < 4.78 is 5.53. The van der Waals surface area contributed by atoms with Crippen LogP contribution in [-0.2, 0) is 4.79 Å². The Bertz CT molecular complexity index is 839. The quantitative estimate of drug-likeness (QED) is 0.559. The smallest absolute Gasteiger partial charge is 0.244 e. The predicted octanol–water partition coefficient (Wildman–Crippen LogP) is 3.44. The Morgan fingerprint density at radius 1 is 1.04 bits per heavy atom. The van der Waals surface area contributed by atoms with Crippen molar-refractivity contribution in [2.45, 2.75) is 0 Å². The molecule has 1 amide bonds. The second kappa shape index (κ2) is 7.92. The average molecular weight is 318 g/mol. The molecule has 1 heterocycles. The van der Waals surface area contributed by atoms with Gasteiger partial charge in [0.05, 0.1) is 12.1 Å². The molecule has 0 unspecified atom stereocenters. The lowest BCUT2D eigenvalue weighted by Gasteiger charge is -2.06. The molecule has 0 fully saturated rings. The summed E-state index contributed by atoms with van der Waals surface area (Å²) in [6.07, 6.45) is 5.05. The van der Waals surface area contributed by atoms with Gasteiger partial charge in [-0.1, -0.05) is 42.5 Å². The van der Waals surface area contributed by atoms with Crippen molar-refractivity contribution >= 4 is 22.9 Å². The topological polar surface area (TPSA) is 51.2 Å². The van der Waals surface area contributed by atoms with Crippen molar-refractivity contribution in [1.29, 1.82) is 0 Å². The zero-order valence-electron chi connectivity index (χ0n) is 13.2. The fourth-order valence-corrected chi connectivity index (χ4v) is 2.35. The van der Waals surface area contributed by atoms with Gasteiger partial charge in [-0.2, -0.15) is 0 Å². The Morgan fingerprint density at radius 2 is 1.88 bits per heavy atom. The largest absolute Gasteiger partial charge is 0.492 e. The number of hydrogen-bond donors (Lipinski definition) is 1. The van der Waals surface area contributed by atoms with Crippen molar-refractivity contribution in [3.63, 3.8) is 0 Å². The highest BCUT2D eigenvalue weighted by Gasteiger charge is 2.00. The highest BCUT2D eigenvalue weighted by atomic mass is 16.5. The first-order valence-corrected chi connectivity index (χ1v) is 7.80. The van der Waals surface area contributed by atoms with Gasteiger partial charge in [0.25, 0.3) is 0 Å². The molecule has 0 radical (unpaired) electrons. The number of ether oxygens (including phenoxy) is 1. The second-order valence-electron chi connectivity index (χ2n) is 5.21. The Morgan fingerprint density at radius 3 is 2.75 bits per heavy atom. The first kappa shape index (κ1) is 15.7. The van der Waals surface area contributed by atoms with E-state index in [-0.39, 0.29) is 5.91 Å². The van der Waals surface area contributed by atoms with Gasteiger partial charge < -0.3 is 10.1 Å². The summed E-state index contributed by atoms with van der Waals surface area (Å²) in [7, 11) is 0. The fourth-order valence-electron chi connectivity index (χ4n) is 2.35. The van der Waals surface area contributed by atoms with E-state index in [1.54, 1.807) is 12.3 Å². The van der Waals surface area contributed by atoms with Crippen molar-refractivity contribution in [2.24, 2.45) is 0 Å². The van der Waals surface area contributed by atoms with Crippen LogP contribution in [0.5, 0.6) is 5.75 Å². The van der Waals surface area contributed by atoms with Crippen molar-refractivity contribution < 1.29 is 9.53 Å². The molecule has 3 aromatic rings. The fraction of sp³-hybridized carbons (Fsp3) is 0.100. The monoisotopic (exact) mass is 318 g/mol. The molecule has 0 aliphatic carbocycles. The number of carbonyl (C=O) groups is 1. The van der Waals surface area contributed by atoms with E-state index in [2.05, 4.69) is 10.3 Å². The molecule has 2 aromatic carbocycles. The molecule has 120 valence electrons. The van der Waals surface area contributed by atoms with Crippen molar-refractivity contribution in [3.8, 4) is 5.75 Å². The third-order valence-electron chi connectivity index (χ3n) is 3.49. The Hall–Kier alpha value is -3.14. The van der Waals surface area contributed by atoms with Crippen molar-refractivity contribution in [1.82, 2.24) is 10.3 Å². The van der Waals surface area contributed by atoms with E-state index in [1.165, 1.54) is 6.08 Å². The number of aromatic nitrogens is 1. The number of nitrogens with one attached hydrogen (secondary N) is 1. The summed E-state index contributed by atoms with van der Waals surface area (Å²) >= 11 is 0. The number of nitrogens with zero attached hydrogens (tertiary/aromatic N) is 1. The molecular weight excluding hydrogens is 300 g/mol. The number of hydrogen-bond acceptors (Lipinski definition) is 3. The summed E-state index contributed by atoms with van der Waals surface area (Å²) in [5.41, 5.74) is 1.81. The summed E-state index contributed by atoms with van der Waals surface area (Å²) in [5.74, 6) is 0.642. The van der Waals surface area contributed by atoms with Gasteiger partial charge in [-0.25, -0.2) is 0 Å². The van der Waals surface area contributed by atoms with Crippen LogP contribution in [0.2, 0.25) is 0 Å². The van der Waals surface area contributed by atoms with Crippen LogP contribution in [0.4, 0.5) is 0 Å². The number of para-hydroxylation sites is 2. The lowest BCUT2D eigenvalue weighted by Crippen LogP contribution is -2.26. The number of amides is 1. The molecule has 4 heteroatoms. The molecular formula is C20H18N2O2. The Labute approximate surface area is 140 Å². The Kier molecular flexibility index (Phi) is 5.20. The van der Waals surface area contributed by atoms with Crippen LogP contribution >= 0.6 is 0 Å². The van der Waals surface area contributed by atoms with Crippen LogP contribution in [0.25, 0.3) is 17.0 Å². The maximum absolute atomic E-state index is 11.9. The number of carbonyl (C=O) groups excluding carboxylic acids is 1. The molecule has 0 saturated heterocycles. The number of rotatable bonds is 6. The molecule has 1 aromatic heterocycles. The van der Waals surface area contributed by atoms with Crippen LogP contribution in [0, 0.1) is 0 Å². The van der Waals surface area contributed by atoms with Gasteiger partial charge in [0.2, 0.25) is 5.91 Å². The van der Waals surface area contributed by atoms with Crippen molar-refractivity contribution in [2.75, 3.05) is 13.2 Å². The molecule has 4 nitrogen and oxygen atoms in total. The van der Waals surface area contributed by atoms with Crippen molar-refractivity contribution in [3.05, 3.63) is 78.5 Å². The van der Waals surface area contributed by atoms with E-state index in [4.69, 9.17) is 4.74 Å². The minimum Gasteiger partial charge on any atom is -0.492 e. The average Bonchev–Trinajstić information content (AvgIpc) is 2.64. The molecule has 0 bridgehead atoms. The minimum atomic E-state index is -0.153. The van der Waals surface area contributed by atoms with E-state index in [1.807, 2.05) is 60.7 Å². The van der Waals surface area contributed by atoms with E-state index in [0.717, 1.165) is 22.2 Å². The van der Waals surface area contributed by atoms with Gasteiger partial charge in [0.1, 0.15) is 12.4 Å². The molecule has 0 aliphatic rings. The first-order valence-electron chi connectivity index (χ1n) is 7.80. The van der Waals surface area contributed by atoms with Crippen LogP contribution < -0.4 is 10.1 Å². The molecule has 0 aliphatic heterocycles. The van der Waals surface area contributed by atoms with Crippen LogP contribution in [0.3, 0.4) is 0 Å². The summed E-state index contributed by atoms with van der Waals surface area (Å²) in [4.78, 5) is 16.3. The van der Waals surface area contributed by atoms with E-state index >= 15 is 0 Å². The zero-order valence-corrected chi connectivity index (χ0v) is 13.2. The molecule has 0 atom stereocenters. The minimum absolute atomic E-state index is 0.153. The van der Waals surface area contributed by atoms with E-state index in [9.17, 15) is 4.79 Å². The maximum atomic E-state index is 11.9. The van der Waals surface area contributed by atoms with Crippen LogP contribution in [0.1, 0.15) is 5.56 Å². The summed E-state index contributed by atoms with van der Waals surface area (Å²) in [6, 6.07) is 19.3. The number of fused-ring (bicyclic) bond motifs is 1. The normalized spacial score (nSPS) is 10.8. The highest BCUT2D eigenvalue weighted by Crippen LogP contribution is 2.16. The summed E-state index contributed by atoms with van der Waals surface area (Å²) in [6.45, 7) is 0.880. The van der Waals surface area contributed by atoms with Gasteiger partial charge in [0, 0.05) is 23.2 Å². The van der Waals surface area contributed by atoms with E-state index in [0.29, 0.717) is 13.2 Å². The second-order valence-corrected chi connectivity index (χ2v) is 5.21. The highest BCUT2D eigenvalue weighted by molar-refractivity contribution is 5.95. The zero-order chi connectivity index (χ0) is 16.6.